The lowest BCUT2D eigenvalue weighted by Gasteiger charge is -2.32. The van der Waals surface area contributed by atoms with Crippen LogP contribution in [0.2, 0.25) is 0 Å². The maximum absolute atomic E-state index is 5.96. The van der Waals surface area contributed by atoms with Crippen LogP contribution >= 0.6 is 23.7 Å². The van der Waals surface area contributed by atoms with Gasteiger partial charge in [0.25, 0.3) is 0 Å². The average molecular weight is 384 g/mol. The minimum Gasteiger partial charge on any atom is -0.458 e. The normalized spacial score (nSPS) is 26.5. The highest BCUT2D eigenvalue weighted by Gasteiger charge is 2.34. The summed E-state index contributed by atoms with van der Waals surface area (Å²) in [5, 5.41) is 10.4. The van der Waals surface area contributed by atoms with Gasteiger partial charge in [-0.05, 0) is 37.8 Å². The number of aryl methyl sites for hydroxylation is 1. The van der Waals surface area contributed by atoms with Crippen LogP contribution in [0.1, 0.15) is 30.0 Å². The van der Waals surface area contributed by atoms with Gasteiger partial charge in [-0.25, -0.2) is 4.98 Å². The van der Waals surface area contributed by atoms with E-state index in [1.54, 1.807) is 11.3 Å². The van der Waals surface area contributed by atoms with E-state index in [-0.39, 0.29) is 12.4 Å². The van der Waals surface area contributed by atoms with Gasteiger partial charge in [-0.2, -0.15) is 0 Å². The van der Waals surface area contributed by atoms with E-state index >= 15 is 0 Å². The van der Waals surface area contributed by atoms with Crippen molar-refractivity contribution in [1.82, 2.24) is 15.6 Å². The first kappa shape index (κ1) is 18.9. The average Bonchev–Trinajstić information content (AvgIpc) is 3.34. The molecule has 25 heavy (non-hydrogen) atoms. The Kier molecular flexibility index (Phi) is 6.52. The Hall–Kier alpha value is -0.920. The highest BCUT2D eigenvalue weighted by atomic mass is 35.5. The molecule has 3 unspecified atom stereocenters. The van der Waals surface area contributed by atoms with Crippen LogP contribution in [0, 0.1) is 12.8 Å². The molecule has 7 heteroatoms. The van der Waals surface area contributed by atoms with E-state index in [1.807, 2.05) is 18.4 Å². The van der Waals surface area contributed by atoms with Crippen molar-refractivity contribution in [2.24, 2.45) is 5.92 Å². The molecule has 3 atom stereocenters. The van der Waals surface area contributed by atoms with Crippen molar-refractivity contribution in [3.8, 4) is 11.5 Å². The van der Waals surface area contributed by atoms with E-state index in [0.29, 0.717) is 18.0 Å². The molecule has 1 aliphatic carbocycles. The van der Waals surface area contributed by atoms with E-state index < -0.39 is 0 Å². The maximum Gasteiger partial charge on any atom is 0.153 e. The summed E-state index contributed by atoms with van der Waals surface area (Å²) >= 11 is 1.65. The van der Waals surface area contributed by atoms with Gasteiger partial charge in [-0.15, -0.1) is 23.7 Å². The number of nitrogens with one attached hydrogen (secondary N) is 2. The zero-order valence-corrected chi connectivity index (χ0v) is 16.1. The number of morpholine rings is 1. The van der Waals surface area contributed by atoms with Gasteiger partial charge in [0.1, 0.15) is 11.5 Å². The quantitative estimate of drug-likeness (QED) is 0.828. The first-order chi connectivity index (χ1) is 11.8. The highest BCUT2D eigenvalue weighted by molar-refractivity contribution is 7.09. The smallest absolute Gasteiger partial charge is 0.153 e. The Labute approximate surface area is 159 Å². The first-order valence-electron chi connectivity index (χ1n) is 8.85. The van der Waals surface area contributed by atoms with Crippen LogP contribution in [-0.2, 0) is 11.3 Å². The van der Waals surface area contributed by atoms with Crippen molar-refractivity contribution >= 4 is 23.7 Å². The molecule has 0 radical (unpaired) electrons. The molecule has 138 valence electrons. The van der Waals surface area contributed by atoms with Gasteiger partial charge in [0.15, 0.2) is 5.76 Å². The first-order valence-corrected chi connectivity index (χ1v) is 9.73. The summed E-state index contributed by atoms with van der Waals surface area (Å²) in [5.74, 6) is 2.50. The maximum atomic E-state index is 5.96. The van der Waals surface area contributed by atoms with Crippen LogP contribution in [0.25, 0.3) is 11.5 Å². The third kappa shape index (κ3) is 4.44. The van der Waals surface area contributed by atoms with Crippen LogP contribution in [0.4, 0.5) is 0 Å². The Morgan fingerprint density at radius 3 is 3.04 bits per heavy atom. The van der Waals surface area contributed by atoms with Crippen molar-refractivity contribution in [3.05, 3.63) is 28.3 Å². The number of halogens is 1. The fourth-order valence-electron chi connectivity index (χ4n) is 3.90. The van der Waals surface area contributed by atoms with E-state index in [4.69, 9.17) is 9.15 Å². The fraction of sp³-hybridized carbons (Fsp3) is 0.611. The van der Waals surface area contributed by atoms with Gasteiger partial charge in [0, 0.05) is 24.0 Å². The van der Waals surface area contributed by atoms with E-state index in [2.05, 4.69) is 21.7 Å². The molecule has 2 aromatic rings. The summed E-state index contributed by atoms with van der Waals surface area (Å²) < 4.78 is 11.6. The molecule has 4 rings (SSSR count). The van der Waals surface area contributed by atoms with Crippen molar-refractivity contribution in [2.75, 3.05) is 19.8 Å². The molecule has 0 spiro atoms. The zero-order chi connectivity index (χ0) is 16.4. The third-order valence-corrected chi connectivity index (χ3v) is 5.88. The molecule has 2 aliphatic rings. The minimum absolute atomic E-state index is 0. The Morgan fingerprint density at radius 1 is 1.36 bits per heavy atom. The lowest BCUT2D eigenvalue weighted by molar-refractivity contribution is 0.0523. The summed E-state index contributed by atoms with van der Waals surface area (Å²) in [7, 11) is 0. The standard InChI is InChI=1S/C18H25N3O2S.ClH/c1-12-21-17(11-24-12)18-6-5-13(23-18)9-20-15-4-2-3-14(15)16-10-22-8-7-19-16;/h5-6,11,14-16,19-20H,2-4,7-10H2,1H3;1H. The predicted octanol–water partition coefficient (Wildman–Crippen LogP) is 3.38. The van der Waals surface area contributed by atoms with Crippen molar-refractivity contribution in [2.45, 2.75) is 44.8 Å². The predicted molar refractivity (Wildman–Crippen MR) is 102 cm³/mol. The van der Waals surface area contributed by atoms with Crippen LogP contribution < -0.4 is 10.6 Å². The number of hydrogen-bond acceptors (Lipinski definition) is 6. The summed E-state index contributed by atoms with van der Waals surface area (Å²) in [6, 6.07) is 5.11. The van der Waals surface area contributed by atoms with Crippen LogP contribution in [0.15, 0.2) is 21.9 Å². The summed E-state index contributed by atoms with van der Waals surface area (Å²) in [6.07, 6.45) is 3.81. The summed E-state index contributed by atoms with van der Waals surface area (Å²) in [4.78, 5) is 4.49. The van der Waals surface area contributed by atoms with Crippen LogP contribution in [0.5, 0.6) is 0 Å². The van der Waals surface area contributed by atoms with Gasteiger partial charge in [-0.3, -0.25) is 0 Å². The molecule has 2 aromatic heterocycles. The topological polar surface area (TPSA) is 59.3 Å². The SMILES string of the molecule is Cc1nc(-c2ccc(CNC3CCCC3C3COCCN3)o2)cs1.Cl. The van der Waals surface area contributed by atoms with Crippen LogP contribution in [-0.4, -0.2) is 36.8 Å². The Bertz CT molecular complexity index is 669. The minimum atomic E-state index is 0. The molecule has 0 bridgehead atoms. The monoisotopic (exact) mass is 383 g/mol. The number of thiazole rings is 1. The number of furan rings is 1. The molecular weight excluding hydrogens is 358 g/mol. The van der Waals surface area contributed by atoms with Gasteiger partial charge < -0.3 is 19.8 Å². The largest absolute Gasteiger partial charge is 0.458 e. The third-order valence-electron chi connectivity index (χ3n) is 5.11. The second-order valence-corrected chi connectivity index (χ2v) is 7.80. The molecule has 0 aromatic carbocycles. The lowest BCUT2D eigenvalue weighted by atomic mass is 9.94. The number of ether oxygens (including phenoxy) is 1. The van der Waals surface area contributed by atoms with Gasteiger partial charge in [0.2, 0.25) is 0 Å². The summed E-state index contributed by atoms with van der Waals surface area (Å²) in [6.45, 7) is 5.45. The molecule has 2 N–H and O–H groups in total. The zero-order valence-electron chi connectivity index (χ0n) is 14.5. The Morgan fingerprint density at radius 2 is 2.28 bits per heavy atom. The van der Waals surface area contributed by atoms with Crippen molar-refractivity contribution < 1.29 is 9.15 Å². The molecular formula is C18H26ClN3O2S. The number of aromatic nitrogens is 1. The van der Waals surface area contributed by atoms with E-state index in [0.717, 1.165) is 48.5 Å². The molecule has 1 saturated heterocycles. The molecule has 0 amide bonds. The molecule has 5 nitrogen and oxygen atoms in total. The molecule has 3 heterocycles. The Balaban J connectivity index is 0.00000182. The van der Waals surface area contributed by atoms with Gasteiger partial charge >= 0.3 is 0 Å². The highest BCUT2D eigenvalue weighted by Crippen LogP contribution is 2.30. The number of rotatable bonds is 5. The van der Waals surface area contributed by atoms with Gasteiger partial charge in [0.05, 0.1) is 24.8 Å². The van der Waals surface area contributed by atoms with Crippen LogP contribution in [0.3, 0.4) is 0 Å². The van der Waals surface area contributed by atoms with E-state index in [1.165, 1.54) is 19.3 Å². The second kappa shape index (κ2) is 8.64. The number of hydrogen-bond donors (Lipinski definition) is 2. The molecule has 2 fully saturated rings. The number of nitrogens with zero attached hydrogens (tertiary/aromatic N) is 1. The van der Waals surface area contributed by atoms with Crippen molar-refractivity contribution in [1.29, 1.82) is 0 Å². The van der Waals surface area contributed by atoms with Crippen molar-refractivity contribution in [3.63, 3.8) is 0 Å². The fourth-order valence-corrected chi connectivity index (χ4v) is 4.51. The summed E-state index contributed by atoms with van der Waals surface area (Å²) in [5.41, 5.74) is 0.936. The molecule has 1 aliphatic heterocycles. The van der Waals surface area contributed by atoms with Gasteiger partial charge in [-0.1, -0.05) is 6.42 Å². The second-order valence-electron chi connectivity index (χ2n) is 6.74. The molecule has 1 saturated carbocycles. The lowest BCUT2D eigenvalue weighted by Crippen LogP contribution is -2.50. The van der Waals surface area contributed by atoms with E-state index in [9.17, 15) is 0 Å².